The van der Waals surface area contributed by atoms with Gasteiger partial charge in [-0.2, -0.15) is 0 Å². The van der Waals surface area contributed by atoms with Crippen LogP contribution >= 0.6 is 0 Å². The van der Waals surface area contributed by atoms with Crippen molar-refractivity contribution in [3.8, 4) is 0 Å². The van der Waals surface area contributed by atoms with Gasteiger partial charge in [0.25, 0.3) is 0 Å². The predicted molar refractivity (Wildman–Crippen MR) is 39.2 cm³/mol. The highest BCUT2D eigenvalue weighted by atomic mass is 16.6. The van der Waals surface area contributed by atoms with Crippen LogP contribution in [0.1, 0.15) is 12.8 Å². The number of hydrogen-bond acceptors (Lipinski definition) is 3. The van der Waals surface area contributed by atoms with Gasteiger partial charge in [-0.05, 0) is 19.9 Å². The molecule has 3 heteroatoms. The van der Waals surface area contributed by atoms with Gasteiger partial charge in [-0.15, -0.1) is 0 Å². The summed E-state index contributed by atoms with van der Waals surface area (Å²) in [4.78, 5) is 2.38. The number of epoxide rings is 1. The number of fused-ring (bicyclic) bond motifs is 5. The van der Waals surface area contributed by atoms with Crippen molar-refractivity contribution in [2.75, 3.05) is 7.05 Å². The maximum absolute atomic E-state index is 9.46. The topological polar surface area (TPSA) is 36.0 Å². The van der Waals surface area contributed by atoms with E-state index in [2.05, 4.69) is 11.9 Å². The number of morpholine rings is 1. The Morgan fingerprint density at radius 1 is 1.27 bits per heavy atom. The van der Waals surface area contributed by atoms with Crippen LogP contribution in [-0.4, -0.2) is 47.4 Å². The molecule has 3 saturated heterocycles. The molecule has 3 aliphatic heterocycles. The van der Waals surface area contributed by atoms with Crippen molar-refractivity contribution in [1.82, 2.24) is 4.90 Å². The maximum atomic E-state index is 9.46. The van der Waals surface area contributed by atoms with E-state index in [1.807, 2.05) is 0 Å². The summed E-state index contributed by atoms with van der Waals surface area (Å²) < 4.78 is 5.49. The molecule has 11 heavy (non-hydrogen) atoms. The maximum Gasteiger partial charge on any atom is 0.101 e. The SMILES string of the molecule is CN1[C@@H]2CC(O)C[C@@H]1[C@H]1O[C@H]12. The third-order valence-electron chi connectivity index (χ3n) is 3.39. The second kappa shape index (κ2) is 1.79. The normalized spacial score (nSPS) is 61.1. The molecule has 0 aliphatic carbocycles. The molecule has 62 valence electrons. The Labute approximate surface area is 65.9 Å². The van der Waals surface area contributed by atoms with Gasteiger partial charge in [-0.3, -0.25) is 4.90 Å². The Hall–Kier alpha value is -0.120. The van der Waals surface area contributed by atoms with Crippen LogP contribution in [0.15, 0.2) is 0 Å². The molecular formula is C8H13NO2. The van der Waals surface area contributed by atoms with E-state index in [-0.39, 0.29) is 6.10 Å². The van der Waals surface area contributed by atoms with E-state index >= 15 is 0 Å². The fourth-order valence-corrected chi connectivity index (χ4v) is 2.72. The second-order valence-corrected chi connectivity index (χ2v) is 3.99. The second-order valence-electron chi connectivity index (χ2n) is 3.99. The van der Waals surface area contributed by atoms with Crippen LogP contribution in [0.2, 0.25) is 0 Å². The van der Waals surface area contributed by atoms with Gasteiger partial charge in [0.1, 0.15) is 12.2 Å². The van der Waals surface area contributed by atoms with Crippen molar-refractivity contribution in [3.05, 3.63) is 0 Å². The number of aliphatic hydroxyl groups is 1. The van der Waals surface area contributed by atoms with Gasteiger partial charge in [0.2, 0.25) is 0 Å². The Kier molecular flexibility index (Phi) is 1.04. The summed E-state index contributed by atoms with van der Waals surface area (Å²) in [5, 5.41) is 9.46. The third-order valence-corrected chi connectivity index (χ3v) is 3.39. The minimum Gasteiger partial charge on any atom is -0.393 e. The highest BCUT2D eigenvalue weighted by molar-refractivity contribution is 5.13. The molecule has 0 saturated carbocycles. The van der Waals surface area contributed by atoms with Crippen molar-refractivity contribution in [3.63, 3.8) is 0 Å². The predicted octanol–water partition coefficient (Wildman–Crippen LogP) is -0.409. The first-order chi connectivity index (χ1) is 5.27. The van der Waals surface area contributed by atoms with Crippen LogP contribution in [-0.2, 0) is 4.74 Å². The van der Waals surface area contributed by atoms with Gasteiger partial charge in [-0.1, -0.05) is 0 Å². The van der Waals surface area contributed by atoms with Gasteiger partial charge in [0, 0.05) is 12.1 Å². The Bertz CT molecular complexity index is 179. The molecule has 0 spiro atoms. The lowest BCUT2D eigenvalue weighted by molar-refractivity contribution is 0.00149. The minimum absolute atomic E-state index is 0.0717. The standard InChI is InChI=1S/C8H13NO2/c1-9-5-2-4(10)3-6(9)8-7(5)11-8/h4-8,10H,2-3H2,1H3/t4?,5-,6-,7-,8+/m1/s1. The van der Waals surface area contributed by atoms with Gasteiger partial charge in [0.05, 0.1) is 6.10 Å². The highest BCUT2D eigenvalue weighted by Crippen LogP contribution is 2.47. The smallest absolute Gasteiger partial charge is 0.101 e. The van der Waals surface area contributed by atoms with E-state index in [1.54, 1.807) is 0 Å². The Balaban J connectivity index is 1.90. The van der Waals surface area contributed by atoms with Gasteiger partial charge in [-0.25, -0.2) is 0 Å². The summed E-state index contributed by atoms with van der Waals surface area (Å²) in [6, 6.07) is 1.02. The molecule has 3 nitrogen and oxygen atoms in total. The molecular weight excluding hydrogens is 142 g/mol. The first-order valence-electron chi connectivity index (χ1n) is 4.33. The molecule has 3 aliphatic rings. The van der Waals surface area contributed by atoms with Crippen molar-refractivity contribution in [2.24, 2.45) is 0 Å². The molecule has 2 bridgehead atoms. The zero-order chi connectivity index (χ0) is 7.59. The Morgan fingerprint density at radius 3 is 2.36 bits per heavy atom. The molecule has 0 radical (unpaired) electrons. The number of ether oxygens (including phenoxy) is 1. The summed E-state index contributed by atoms with van der Waals surface area (Å²) in [5.74, 6) is 0. The largest absolute Gasteiger partial charge is 0.393 e. The summed E-state index contributed by atoms with van der Waals surface area (Å²) in [7, 11) is 2.15. The third kappa shape index (κ3) is 0.687. The molecule has 1 N–H and O–H groups in total. The Morgan fingerprint density at radius 2 is 1.82 bits per heavy atom. The molecule has 3 fully saturated rings. The molecule has 0 aromatic heterocycles. The van der Waals surface area contributed by atoms with Crippen LogP contribution in [0.25, 0.3) is 0 Å². The molecule has 5 atom stereocenters. The van der Waals surface area contributed by atoms with Gasteiger partial charge >= 0.3 is 0 Å². The average molecular weight is 155 g/mol. The average Bonchev–Trinajstić information content (AvgIpc) is 2.66. The van der Waals surface area contributed by atoms with Crippen LogP contribution in [0.5, 0.6) is 0 Å². The van der Waals surface area contributed by atoms with Crippen LogP contribution < -0.4 is 0 Å². The summed E-state index contributed by atoms with van der Waals surface area (Å²) in [6.45, 7) is 0. The molecule has 3 heterocycles. The minimum atomic E-state index is -0.0717. The monoisotopic (exact) mass is 155 g/mol. The van der Waals surface area contributed by atoms with E-state index in [0.717, 1.165) is 12.8 Å². The van der Waals surface area contributed by atoms with Gasteiger partial charge in [0.15, 0.2) is 0 Å². The number of piperidine rings is 1. The zero-order valence-electron chi connectivity index (χ0n) is 6.60. The fourth-order valence-electron chi connectivity index (χ4n) is 2.72. The molecule has 1 unspecified atom stereocenters. The molecule has 3 rings (SSSR count). The molecule has 0 aromatic carbocycles. The zero-order valence-corrected chi connectivity index (χ0v) is 6.60. The summed E-state index contributed by atoms with van der Waals surface area (Å²) in [5.41, 5.74) is 0. The van der Waals surface area contributed by atoms with Gasteiger partial charge < -0.3 is 9.84 Å². The van der Waals surface area contributed by atoms with Crippen molar-refractivity contribution < 1.29 is 9.84 Å². The van der Waals surface area contributed by atoms with Crippen molar-refractivity contribution in [2.45, 2.75) is 43.2 Å². The quantitative estimate of drug-likeness (QED) is 0.483. The first kappa shape index (κ1) is 6.40. The van der Waals surface area contributed by atoms with Crippen LogP contribution in [0.4, 0.5) is 0 Å². The van der Waals surface area contributed by atoms with E-state index in [1.165, 1.54) is 0 Å². The van der Waals surface area contributed by atoms with Crippen LogP contribution in [0, 0.1) is 0 Å². The number of likely N-dealkylation sites (N-methyl/N-ethyl adjacent to an activating group) is 1. The van der Waals surface area contributed by atoms with Crippen molar-refractivity contribution >= 4 is 0 Å². The van der Waals surface area contributed by atoms with Crippen LogP contribution in [0.3, 0.4) is 0 Å². The van der Waals surface area contributed by atoms with E-state index < -0.39 is 0 Å². The number of rotatable bonds is 0. The molecule has 0 aromatic rings. The lowest BCUT2D eigenvalue weighted by Gasteiger charge is -2.36. The lowest BCUT2D eigenvalue weighted by atomic mass is 10.00. The molecule has 0 amide bonds. The lowest BCUT2D eigenvalue weighted by Crippen LogP contribution is -2.46. The first-order valence-corrected chi connectivity index (χ1v) is 4.33. The van der Waals surface area contributed by atoms with E-state index in [9.17, 15) is 5.11 Å². The van der Waals surface area contributed by atoms with Crippen molar-refractivity contribution in [1.29, 1.82) is 0 Å². The highest BCUT2D eigenvalue weighted by Gasteiger charge is 2.62. The number of aliphatic hydroxyl groups excluding tert-OH is 1. The number of hydrogen-bond donors (Lipinski definition) is 1. The fraction of sp³-hybridized carbons (Fsp3) is 1.00. The summed E-state index contributed by atoms with van der Waals surface area (Å²) in [6.07, 6.45) is 2.67. The summed E-state index contributed by atoms with van der Waals surface area (Å²) >= 11 is 0. The number of nitrogens with zero attached hydrogens (tertiary/aromatic N) is 1. The van der Waals surface area contributed by atoms with E-state index in [0.29, 0.717) is 24.3 Å². The van der Waals surface area contributed by atoms with E-state index in [4.69, 9.17) is 4.74 Å².